The lowest BCUT2D eigenvalue weighted by Gasteiger charge is -2.18. The molecule has 0 aliphatic heterocycles. The molecule has 174 valence electrons. The molecule has 34 heavy (non-hydrogen) atoms. The number of rotatable bonds is 10. The van der Waals surface area contributed by atoms with Crippen LogP contribution in [0.25, 0.3) is 0 Å². The third kappa shape index (κ3) is 5.66. The van der Waals surface area contributed by atoms with Crippen molar-refractivity contribution >= 4 is 23.4 Å². The molecule has 6 nitrogen and oxygen atoms in total. The molecule has 0 spiro atoms. The number of thioether (sulfide) groups is 1. The van der Waals surface area contributed by atoms with Gasteiger partial charge in [0.05, 0.1) is 12.3 Å². The second kappa shape index (κ2) is 11.5. The van der Waals surface area contributed by atoms with Gasteiger partial charge < -0.3 is 14.6 Å². The minimum Gasteiger partial charge on any atom is -0.492 e. The van der Waals surface area contributed by atoms with E-state index in [0.29, 0.717) is 31.0 Å². The van der Waals surface area contributed by atoms with E-state index in [1.807, 2.05) is 79.7 Å². The zero-order valence-electron chi connectivity index (χ0n) is 19.3. The van der Waals surface area contributed by atoms with Crippen molar-refractivity contribution in [2.24, 2.45) is 0 Å². The molecule has 0 fully saturated rings. The first-order valence-electron chi connectivity index (χ1n) is 11.4. The largest absolute Gasteiger partial charge is 0.492 e. The predicted octanol–water partition coefficient (Wildman–Crippen LogP) is 5.76. The molecule has 0 aliphatic rings. The summed E-state index contributed by atoms with van der Waals surface area (Å²) in [4.78, 5) is 13.5. The molecule has 3 aromatic carbocycles. The van der Waals surface area contributed by atoms with Crippen LogP contribution in [0.15, 0.2) is 90.1 Å². The third-order valence-electron chi connectivity index (χ3n) is 5.32. The van der Waals surface area contributed by atoms with Crippen molar-refractivity contribution < 1.29 is 9.53 Å². The molecule has 0 saturated heterocycles. The van der Waals surface area contributed by atoms with Gasteiger partial charge in [0.15, 0.2) is 5.16 Å². The van der Waals surface area contributed by atoms with Crippen LogP contribution >= 0.6 is 11.8 Å². The SMILES string of the molecule is CCOc1ccccc1NC(=O)C(Sc1nnc(Cc2ccccc2)n1CC)c1ccccc1. The summed E-state index contributed by atoms with van der Waals surface area (Å²) in [5, 5.41) is 12.2. The minimum atomic E-state index is -0.505. The Kier molecular flexibility index (Phi) is 7.99. The van der Waals surface area contributed by atoms with E-state index >= 15 is 0 Å². The van der Waals surface area contributed by atoms with Crippen molar-refractivity contribution in [2.75, 3.05) is 11.9 Å². The zero-order valence-corrected chi connectivity index (χ0v) is 20.2. The fraction of sp³-hybridized carbons (Fsp3) is 0.222. The van der Waals surface area contributed by atoms with Gasteiger partial charge in [-0.05, 0) is 37.1 Å². The number of nitrogens with zero attached hydrogens (tertiary/aromatic N) is 3. The number of anilines is 1. The maximum Gasteiger partial charge on any atom is 0.242 e. The Morgan fingerprint density at radius 2 is 1.62 bits per heavy atom. The van der Waals surface area contributed by atoms with Crippen LogP contribution in [0.2, 0.25) is 0 Å². The van der Waals surface area contributed by atoms with Gasteiger partial charge in [-0.3, -0.25) is 4.79 Å². The second-order valence-electron chi connectivity index (χ2n) is 7.63. The van der Waals surface area contributed by atoms with Gasteiger partial charge in [-0.15, -0.1) is 10.2 Å². The van der Waals surface area contributed by atoms with Gasteiger partial charge >= 0.3 is 0 Å². The van der Waals surface area contributed by atoms with E-state index in [4.69, 9.17) is 4.74 Å². The van der Waals surface area contributed by atoms with E-state index in [1.54, 1.807) is 0 Å². The molecule has 1 amide bonds. The van der Waals surface area contributed by atoms with Crippen LogP contribution < -0.4 is 10.1 Å². The lowest BCUT2D eigenvalue weighted by molar-refractivity contribution is -0.115. The molecule has 4 aromatic rings. The van der Waals surface area contributed by atoms with Crippen LogP contribution in [-0.2, 0) is 17.8 Å². The smallest absolute Gasteiger partial charge is 0.242 e. The highest BCUT2D eigenvalue weighted by Crippen LogP contribution is 2.36. The molecule has 1 atom stereocenters. The quantitative estimate of drug-likeness (QED) is 0.297. The van der Waals surface area contributed by atoms with Crippen molar-refractivity contribution in [2.45, 2.75) is 37.2 Å². The summed E-state index contributed by atoms with van der Waals surface area (Å²) in [7, 11) is 0. The van der Waals surface area contributed by atoms with Crippen molar-refractivity contribution in [1.82, 2.24) is 14.8 Å². The Balaban J connectivity index is 1.61. The van der Waals surface area contributed by atoms with E-state index in [9.17, 15) is 4.79 Å². The Bertz CT molecular complexity index is 1210. The summed E-state index contributed by atoms with van der Waals surface area (Å²) >= 11 is 1.41. The lowest BCUT2D eigenvalue weighted by atomic mass is 10.1. The number of hydrogen-bond donors (Lipinski definition) is 1. The number of hydrogen-bond acceptors (Lipinski definition) is 5. The zero-order chi connectivity index (χ0) is 23.8. The lowest BCUT2D eigenvalue weighted by Crippen LogP contribution is -2.20. The number of carbonyl (C=O) groups excluding carboxylic acids is 1. The number of para-hydroxylation sites is 2. The highest BCUT2D eigenvalue weighted by Gasteiger charge is 2.26. The van der Waals surface area contributed by atoms with E-state index in [0.717, 1.165) is 16.5 Å². The van der Waals surface area contributed by atoms with Gasteiger partial charge in [-0.1, -0.05) is 84.6 Å². The summed E-state index contributed by atoms with van der Waals surface area (Å²) in [5.41, 5.74) is 2.72. The number of benzene rings is 3. The highest BCUT2D eigenvalue weighted by atomic mass is 32.2. The van der Waals surface area contributed by atoms with Gasteiger partial charge in [0.1, 0.15) is 16.8 Å². The first-order chi connectivity index (χ1) is 16.7. The van der Waals surface area contributed by atoms with E-state index in [-0.39, 0.29) is 5.91 Å². The monoisotopic (exact) mass is 472 g/mol. The van der Waals surface area contributed by atoms with E-state index in [1.165, 1.54) is 17.3 Å². The topological polar surface area (TPSA) is 69.0 Å². The molecular formula is C27H28N4O2S. The number of amides is 1. The molecule has 4 rings (SSSR count). The minimum absolute atomic E-state index is 0.140. The molecule has 7 heteroatoms. The van der Waals surface area contributed by atoms with Crippen LogP contribution in [0.5, 0.6) is 5.75 Å². The molecule has 0 saturated carbocycles. The Hall–Kier alpha value is -3.58. The van der Waals surface area contributed by atoms with Crippen molar-refractivity contribution in [3.8, 4) is 5.75 Å². The van der Waals surface area contributed by atoms with Crippen LogP contribution in [0.4, 0.5) is 5.69 Å². The fourth-order valence-corrected chi connectivity index (χ4v) is 4.81. The Labute approximate surface area is 204 Å². The summed E-state index contributed by atoms with van der Waals surface area (Å²) in [6, 6.07) is 27.4. The van der Waals surface area contributed by atoms with Crippen LogP contribution in [0, 0.1) is 0 Å². The maximum atomic E-state index is 13.5. The second-order valence-corrected chi connectivity index (χ2v) is 8.70. The van der Waals surface area contributed by atoms with Gasteiger partial charge in [-0.25, -0.2) is 0 Å². The van der Waals surface area contributed by atoms with Crippen LogP contribution in [0.3, 0.4) is 0 Å². The molecule has 0 bridgehead atoms. The normalized spacial score (nSPS) is 11.7. The van der Waals surface area contributed by atoms with Crippen molar-refractivity contribution in [1.29, 1.82) is 0 Å². The number of ether oxygens (including phenoxy) is 1. The van der Waals surface area contributed by atoms with E-state index < -0.39 is 5.25 Å². The number of carbonyl (C=O) groups is 1. The summed E-state index contributed by atoms with van der Waals surface area (Å²) in [5.74, 6) is 1.39. The predicted molar refractivity (Wildman–Crippen MR) is 136 cm³/mol. The average molecular weight is 473 g/mol. The van der Waals surface area contributed by atoms with Crippen molar-refractivity contribution in [3.05, 3.63) is 102 Å². The van der Waals surface area contributed by atoms with Gasteiger partial charge in [-0.2, -0.15) is 0 Å². The highest BCUT2D eigenvalue weighted by molar-refractivity contribution is 8.00. The number of nitrogens with one attached hydrogen (secondary N) is 1. The third-order valence-corrected chi connectivity index (χ3v) is 6.56. The molecule has 1 N–H and O–H groups in total. The first kappa shape index (κ1) is 23.6. The van der Waals surface area contributed by atoms with Gasteiger partial charge in [0.2, 0.25) is 5.91 Å². The molecule has 0 aliphatic carbocycles. The molecule has 1 aromatic heterocycles. The van der Waals surface area contributed by atoms with Gasteiger partial charge in [0, 0.05) is 13.0 Å². The summed E-state index contributed by atoms with van der Waals surface area (Å²) in [6.07, 6.45) is 0.687. The van der Waals surface area contributed by atoms with Crippen LogP contribution in [-0.4, -0.2) is 27.3 Å². The Morgan fingerprint density at radius 3 is 2.32 bits per heavy atom. The molecule has 1 unspecified atom stereocenters. The average Bonchev–Trinajstić information content (AvgIpc) is 3.26. The fourth-order valence-electron chi connectivity index (χ4n) is 3.69. The van der Waals surface area contributed by atoms with E-state index in [2.05, 4.69) is 39.1 Å². The summed E-state index contributed by atoms with van der Waals surface area (Å²) in [6.45, 7) is 5.23. The number of aromatic nitrogens is 3. The van der Waals surface area contributed by atoms with Gasteiger partial charge in [0.25, 0.3) is 0 Å². The molecule has 0 radical (unpaired) electrons. The van der Waals surface area contributed by atoms with Crippen LogP contribution in [0.1, 0.15) is 36.0 Å². The maximum absolute atomic E-state index is 13.5. The molecular weight excluding hydrogens is 444 g/mol. The molecule has 1 heterocycles. The van der Waals surface area contributed by atoms with Crippen molar-refractivity contribution in [3.63, 3.8) is 0 Å². The standard InChI is InChI=1S/C27H28N4O2S/c1-3-31-24(19-20-13-7-5-8-14-20)29-30-27(31)34-25(21-15-9-6-10-16-21)26(32)28-22-17-11-12-18-23(22)33-4-2/h5-18,25H,3-4,19H2,1-2H3,(H,28,32). The Morgan fingerprint density at radius 1 is 0.941 bits per heavy atom. The first-order valence-corrected chi connectivity index (χ1v) is 12.3. The summed E-state index contributed by atoms with van der Waals surface area (Å²) < 4.78 is 7.77.